The fourth-order valence-corrected chi connectivity index (χ4v) is 3.73. The Morgan fingerprint density at radius 3 is 2.52 bits per heavy atom. The molecule has 1 N–H and O–H groups in total. The smallest absolute Gasteiger partial charge is 0.337 e. The van der Waals surface area contributed by atoms with Gasteiger partial charge in [-0.1, -0.05) is 49.5 Å². The average Bonchev–Trinajstić information content (AvgIpc) is 2.86. The number of hydrogen-bond donors (Lipinski definition) is 1. The first-order valence-corrected chi connectivity index (χ1v) is 8.79. The number of nitrogens with zero attached hydrogens (tertiary/aromatic N) is 1. The van der Waals surface area contributed by atoms with Gasteiger partial charge in [0.25, 0.3) is 5.91 Å². The molecule has 0 spiro atoms. The van der Waals surface area contributed by atoms with E-state index in [1.807, 2.05) is 6.92 Å². The number of benzene rings is 1. The standard InChI is InChI=1S/C17H17NO5S2/c1-3-4-12(15(20)21)18-14(19)13(25-17(18)24)9-10-5-7-11(8-6-10)16(22)23-2/h5-9,12H,3-4H2,1-2H3,(H,20,21). The molecule has 0 saturated carbocycles. The van der Waals surface area contributed by atoms with Crippen molar-refractivity contribution in [1.29, 1.82) is 0 Å². The molecule has 1 aliphatic heterocycles. The third-order valence-electron chi connectivity index (χ3n) is 3.61. The number of ether oxygens (including phenoxy) is 1. The van der Waals surface area contributed by atoms with Gasteiger partial charge in [-0.3, -0.25) is 9.69 Å². The Kier molecular flexibility index (Phi) is 6.33. The molecule has 0 bridgehead atoms. The second-order valence-corrected chi connectivity index (χ2v) is 6.98. The van der Waals surface area contributed by atoms with E-state index in [9.17, 15) is 19.5 Å². The summed E-state index contributed by atoms with van der Waals surface area (Å²) in [7, 11) is 1.30. The van der Waals surface area contributed by atoms with Gasteiger partial charge in [-0.25, -0.2) is 9.59 Å². The first-order valence-electron chi connectivity index (χ1n) is 7.57. The van der Waals surface area contributed by atoms with Gasteiger partial charge in [0.1, 0.15) is 10.4 Å². The van der Waals surface area contributed by atoms with E-state index < -0.39 is 23.9 Å². The summed E-state index contributed by atoms with van der Waals surface area (Å²) in [6.07, 6.45) is 2.59. The molecule has 25 heavy (non-hydrogen) atoms. The minimum absolute atomic E-state index is 0.239. The van der Waals surface area contributed by atoms with Crippen LogP contribution in [0.5, 0.6) is 0 Å². The minimum Gasteiger partial charge on any atom is -0.480 e. The lowest BCUT2D eigenvalue weighted by Crippen LogP contribution is -2.43. The number of carbonyl (C=O) groups excluding carboxylic acids is 2. The zero-order chi connectivity index (χ0) is 18.6. The van der Waals surface area contributed by atoms with Gasteiger partial charge < -0.3 is 9.84 Å². The summed E-state index contributed by atoms with van der Waals surface area (Å²) in [4.78, 5) is 37.0. The van der Waals surface area contributed by atoms with Crippen molar-refractivity contribution in [2.45, 2.75) is 25.8 Å². The van der Waals surface area contributed by atoms with Crippen LogP contribution in [0.1, 0.15) is 35.7 Å². The van der Waals surface area contributed by atoms with Crippen molar-refractivity contribution in [2.24, 2.45) is 0 Å². The summed E-state index contributed by atoms with van der Waals surface area (Å²) in [6.45, 7) is 1.85. The van der Waals surface area contributed by atoms with E-state index in [1.165, 1.54) is 12.0 Å². The number of carbonyl (C=O) groups is 3. The van der Waals surface area contributed by atoms with Crippen molar-refractivity contribution in [3.63, 3.8) is 0 Å². The Bertz CT molecular complexity index is 742. The number of hydrogen-bond acceptors (Lipinski definition) is 6. The molecule has 1 saturated heterocycles. The molecule has 2 rings (SSSR count). The zero-order valence-corrected chi connectivity index (χ0v) is 15.4. The highest BCUT2D eigenvalue weighted by Crippen LogP contribution is 2.34. The van der Waals surface area contributed by atoms with Gasteiger partial charge in [-0.15, -0.1) is 0 Å². The Morgan fingerprint density at radius 2 is 2.00 bits per heavy atom. The second kappa shape index (κ2) is 8.26. The van der Waals surface area contributed by atoms with Gasteiger partial charge in [0, 0.05) is 0 Å². The van der Waals surface area contributed by atoms with Crippen LogP contribution in [0.2, 0.25) is 0 Å². The molecule has 6 nitrogen and oxygen atoms in total. The van der Waals surface area contributed by atoms with Crippen molar-refractivity contribution < 1.29 is 24.2 Å². The Morgan fingerprint density at radius 1 is 1.36 bits per heavy atom. The highest BCUT2D eigenvalue weighted by molar-refractivity contribution is 8.26. The minimum atomic E-state index is -1.07. The maximum absolute atomic E-state index is 12.6. The van der Waals surface area contributed by atoms with E-state index in [-0.39, 0.29) is 4.32 Å². The number of esters is 1. The highest BCUT2D eigenvalue weighted by atomic mass is 32.2. The molecule has 132 valence electrons. The fraction of sp³-hybridized carbons (Fsp3) is 0.294. The van der Waals surface area contributed by atoms with Crippen LogP contribution in [0.25, 0.3) is 6.08 Å². The summed E-state index contributed by atoms with van der Waals surface area (Å²) in [6, 6.07) is 5.59. The zero-order valence-electron chi connectivity index (χ0n) is 13.7. The van der Waals surface area contributed by atoms with Crippen LogP contribution < -0.4 is 0 Å². The van der Waals surface area contributed by atoms with Crippen molar-refractivity contribution in [3.05, 3.63) is 40.3 Å². The average molecular weight is 379 g/mol. The van der Waals surface area contributed by atoms with E-state index in [0.29, 0.717) is 28.9 Å². The number of carboxylic acids is 1. The first-order chi connectivity index (χ1) is 11.9. The fourth-order valence-electron chi connectivity index (χ4n) is 2.37. The van der Waals surface area contributed by atoms with E-state index in [0.717, 1.165) is 11.8 Å². The molecule has 1 aromatic rings. The van der Waals surface area contributed by atoms with Gasteiger partial charge in [0.2, 0.25) is 0 Å². The van der Waals surface area contributed by atoms with Crippen LogP contribution in [0.15, 0.2) is 29.2 Å². The summed E-state index contributed by atoms with van der Waals surface area (Å²) in [5.74, 6) is -1.92. The van der Waals surface area contributed by atoms with E-state index >= 15 is 0 Å². The second-order valence-electron chi connectivity index (χ2n) is 5.31. The van der Waals surface area contributed by atoms with Gasteiger partial charge in [0.15, 0.2) is 0 Å². The molecule has 1 aromatic carbocycles. The molecular formula is C17H17NO5S2. The number of thiocarbonyl (C=S) groups is 1. The lowest BCUT2D eigenvalue weighted by atomic mass is 10.1. The van der Waals surface area contributed by atoms with Crippen LogP contribution in [-0.4, -0.2) is 45.3 Å². The molecule has 1 amide bonds. The topological polar surface area (TPSA) is 83.9 Å². The lowest BCUT2D eigenvalue weighted by Gasteiger charge is -2.22. The summed E-state index contributed by atoms with van der Waals surface area (Å²) >= 11 is 6.27. The number of carboxylic acid groups (broad SMARTS) is 1. The van der Waals surface area contributed by atoms with Crippen molar-refractivity contribution in [1.82, 2.24) is 4.90 Å². The number of methoxy groups -OCH3 is 1. The van der Waals surface area contributed by atoms with Gasteiger partial charge in [0.05, 0.1) is 17.6 Å². The number of amides is 1. The SMILES string of the molecule is CCCC(C(=O)O)N1C(=O)C(=Cc2ccc(C(=O)OC)cc2)SC1=S. The number of aliphatic carboxylic acids is 1. The van der Waals surface area contributed by atoms with Crippen molar-refractivity contribution in [3.8, 4) is 0 Å². The van der Waals surface area contributed by atoms with E-state index in [1.54, 1.807) is 30.3 Å². The third kappa shape index (κ3) is 4.26. The van der Waals surface area contributed by atoms with Crippen LogP contribution >= 0.6 is 24.0 Å². The molecule has 1 aliphatic rings. The van der Waals surface area contributed by atoms with Crippen molar-refractivity contribution in [2.75, 3.05) is 7.11 Å². The largest absolute Gasteiger partial charge is 0.480 e. The Hall–Kier alpha value is -2.19. The molecule has 0 aliphatic carbocycles. The summed E-state index contributed by atoms with van der Waals surface area (Å²) in [5.41, 5.74) is 1.11. The predicted octanol–water partition coefficient (Wildman–Crippen LogP) is 2.93. The molecule has 1 fully saturated rings. The van der Waals surface area contributed by atoms with Gasteiger partial charge >= 0.3 is 11.9 Å². The maximum atomic E-state index is 12.6. The molecule has 1 heterocycles. The lowest BCUT2D eigenvalue weighted by molar-refractivity contribution is -0.145. The van der Waals surface area contributed by atoms with Crippen LogP contribution in [0.4, 0.5) is 0 Å². The molecule has 1 unspecified atom stereocenters. The van der Waals surface area contributed by atoms with Crippen LogP contribution in [0.3, 0.4) is 0 Å². The van der Waals surface area contributed by atoms with E-state index in [4.69, 9.17) is 12.2 Å². The third-order valence-corrected chi connectivity index (χ3v) is 4.94. The van der Waals surface area contributed by atoms with Gasteiger partial charge in [-0.05, 0) is 30.2 Å². The predicted molar refractivity (Wildman–Crippen MR) is 99.1 cm³/mol. The molecular weight excluding hydrogens is 362 g/mol. The van der Waals surface area contributed by atoms with Crippen LogP contribution in [0, 0.1) is 0 Å². The Labute approximate surface area is 154 Å². The molecule has 8 heteroatoms. The highest BCUT2D eigenvalue weighted by Gasteiger charge is 2.39. The summed E-state index contributed by atoms with van der Waals surface area (Å²) < 4.78 is 4.87. The normalized spacial score (nSPS) is 17.0. The maximum Gasteiger partial charge on any atom is 0.337 e. The van der Waals surface area contributed by atoms with Gasteiger partial charge in [-0.2, -0.15) is 0 Å². The molecule has 1 atom stereocenters. The molecule has 0 aromatic heterocycles. The summed E-state index contributed by atoms with van der Waals surface area (Å²) in [5, 5.41) is 9.36. The van der Waals surface area contributed by atoms with Crippen molar-refractivity contribution >= 4 is 52.2 Å². The van der Waals surface area contributed by atoms with Crippen LogP contribution in [-0.2, 0) is 14.3 Å². The monoisotopic (exact) mass is 379 g/mol. The molecule has 0 radical (unpaired) electrons. The Balaban J connectivity index is 2.24. The first kappa shape index (κ1) is 19.1. The number of rotatable bonds is 6. The number of thioether (sulfide) groups is 1. The van der Waals surface area contributed by atoms with E-state index in [2.05, 4.69) is 4.74 Å². The quantitative estimate of drug-likeness (QED) is 0.462.